The highest BCUT2D eigenvalue weighted by molar-refractivity contribution is 5.95. The largest absolute Gasteiger partial charge is 0.482 e. The number of hydrogen-bond acceptors (Lipinski definition) is 2. The molecule has 0 saturated heterocycles. The Kier molecular flexibility index (Phi) is 2.73. The predicted octanol–water partition coefficient (Wildman–Crippen LogP) is 2.61. The number of benzene rings is 2. The Morgan fingerprint density at radius 2 is 1.89 bits per heavy atom. The highest BCUT2D eigenvalue weighted by Crippen LogP contribution is 2.29. The molecule has 1 heterocycles. The molecule has 0 aromatic heterocycles. The molecule has 3 nitrogen and oxygen atoms in total. The molecular formula is C15H13NO2. The van der Waals surface area contributed by atoms with Gasteiger partial charge in [0.05, 0.1) is 5.69 Å². The summed E-state index contributed by atoms with van der Waals surface area (Å²) in [6, 6.07) is 16.2. The molecule has 18 heavy (non-hydrogen) atoms. The third-order valence-corrected chi connectivity index (χ3v) is 2.93. The summed E-state index contributed by atoms with van der Waals surface area (Å²) in [7, 11) is 0. The number of ether oxygens (including phenoxy) is 1. The fourth-order valence-corrected chi connectivity index (χ4v) is 2.06. The standard InChI is InChI=1S/C15H13NO2/c17-15-10-18-14-9-12(6-7-13(14)16-15)8-11-4-2-1-3-5-11/h1-7,9H,8,10H2,(H,16,17). The minimum Gasteiger partial charge on any atom is -0.482 e. The lowest BCUT2D eigenvalue weighted by Crippen LogP contribution is -2.25. The Hall–Kier alpha value is -2.29. The average Bonchev–Trinajstić information content (AvgIpc) is 2.40. The monoisotopic (exact) mass is 239 g/mol. The van der Waals surface area contributed by atoms with Crippen molar-refractivity contribution in [1.82, 2.24) is 0 Å². The van der Waals surface area contributed by atoms with Crippen LogP contribution in [0.3, 0.4) is 0 Å². The van der Waals surface area contributed by atoms with Gasteiger partial charge in [-0.3, -0.25) is 4.79 Å². The number of rotatable bonds is 2. The zero-order chi connectivity index (χ0) is 12.4. The molecule has 90 valence electrons. The van der Waals surface area contributed by atoms with Gasteiger partial charge in [0, 0.05) is 0 Å². The van der Waals surface area contributed by atoms with E-state index in [1.54, 1.807) is 0 Å². The van der Waals surface area contributed by atoms with Gasteiger partial charge in [0.15, 0.2) is 6.61 Å². The van der Waals surface area contributed by atoms with Crippen LogP contribution in [0.5, 0.6) is 5.75 Å². The van der Waals surface area contributed by atoms with E-state index in [9.17, 15) is 4.79 Å². The van der Waals surface area contributed by atoms with Crippen molar-refractivity contribution in [2.75, 3.05) is 11.9 Å². The number of anilines is 1. The predicted molar refractivity (Wildman–Crippen MR) is 69.8 cm³/mol. The summed E-state index contributed by atoms with van der Waals surface area (Å²) in [6.07, 6.45) is 0.866. The van der Waals surface area contributed by atoms with Gasteiger partial charge in [-0.15, -0.1) is 0 Å². The molecule has 1 N–H and O–H groups in total. The Balaban J connectivity index is 1.85. The molecule has 0 spiro atoms. The van der Waals surface area contributed by atoms with E-state index in [0.717, 1.165) is 17.9 Å². The third kappa shape index (κ3) is 2.20. The normalized spacial score (nSPS) is 13.4. The van der Waals surface area contributed by atoms with Crippen LogP contribution in [-0.4, -0.2) is 12.5 Å². The number of hydrogen-bond donors (Lipinski definition) is 1. The van der Waals surface area contributed by atoms with Crippen molar-refractivity contribution in [3.8, 4) is 5.75 Å². The summed E-state index contributed by atoms with van der Waals surface area (Å²) >= 11 is 0. The summed E-state index contributed by atoms with van der Waals surface area (Å²) in [5, 5.41) is 2.79. The topological polar surface area (TPSA) is 38.3 Å². The van der Waals surface area contributed by atoms with Gasteiger partial charge in [-0.2, -0.15) is 0 Å². The van der Waals surface area contributed by atoms with Crippen molar-refractivity contribution in [2.45, 2.75) is 6.42 Å². The second kappa shape index (κ2) is 4.53. The maximum atomic E-state index is 11.2. The van der Waals surface area contributed by atoms with E-state index in [1.165, 1.54) is 11.1 Å². The van der Waals surface area contributed by atoms with Gasteiger partial charge >= 0.3 is 0 Å². The van der Waals surface area contributed by atoms with E-state index in [-0.39, 0.29) is 12.5 Å². The summed E-state index contributed by atoms with van der Waals surface area (Å²) < 4.78 is 5.40. The fraction of sp³-hybridized carbons (Fsp3) is 0.133. The van der Waals surface area contributed by atoms with E-state index in [1.807, 2.05) is 36.4 Å². The van der Waals surface area contributed by atoms with E-state index in [0.29, 0.717) is 0 Å². The number of carbonyl (C=O) groups is 1. The van der Waals surface area contributed by atoms with Crippen LogP contribution in [0, 0.1) is 0 Å². The zero-order valence-corrected chi connectivity index (χ0v) is 9.85. The molecule has 3 rings (SSSR count). The van der Waals surface area contributed by atoms with Crippen LogP contribution in [-0.2, 0) is 11.2 Å². The van der Waals surface area contributed by atoms with Crippen molar-refractivity contribution >= 4 is 11.6 Å². The number of nitrogens with one attached hydrogen (secondary N) is 1. The molecule has 1 aliphatic rings. The van der Waals surface area contributed by atoms with Crippen molar-refractivity contribution in [1.29, 1.82) is 0 Å². The Morgan fingerprint density at radius 1 is 1.06 bits per heavy atom. The lowest BCUT2D eigenvalue weighted by Gasteiger charge is -2.18. The maximum absolute atomic E-state index is 11.2. The second-order valence-electron chi connectivity index (χ2n) is 4.33. The van der Waals surface area contributed by atoms with Crippen LogP contribution in [0.4, 0.5) is 5.69 Å². The first-order valence-corrected chi connectivity index (χ1v) is 5.91. The van der Waals surface area contributed by atoms with Gasteiger partial charge in [-0.1, -0.05) is 36.4 Å². The summed E-state index contributed by atoms with van der Waals surface area (Å²) in [6.45, 7) is 0.0990. The Morgan fingerprint density at radius 3 is 2.72 bits per heavy atom. The first-order valence-electron chi connectivity index (χ1n) is 5.91. The molecule has 2 aromatic carbocycles. The fourth-order valence-electron chi connectivity index (χ4n) is 2.06. The summed E-state index contributed by atoms with van der Waals surface area (Å²) in [4.78, 5) is 11.2. The first-order chi connectivity index (χ1) is 8.81. The van der Waals surface area contributed by atoms with Crippen molar-refractivity contribution in [2.24, 2.45) is 0 Å². The van der Waals surface area contributed by atoms with Crippen molar-refractivity contribution < 1.29 is 9.53 Å². The SMILES string of the molecule is O=C1COc2cc(Cc3ccccc3)ccc2N1. The smallest absolute Gasteiger partial charge is 0.262 e. The third-order valence-electron chi connectivity index (χ3n) is 2.93. The molecule has 0 aliphatic carbocycles. The van der Waals surface area contributed by atoms with Crippen LogP contribution in [0.1, 0.15) is 11.1 Å². The van der Waals surface area contributed by atoms with Gasteiger partial charge in [0.2, 0.25) is 0 Å². The Labute approximate surface area is 105 Å². The number of amides is 1. The summed E-state index contributed by atoms with van der Waals surface area (Å²) in [5.41, 5.74) is 3.19. The van der Waals surface area contributed by atoms with Gasteiger partial charge in [-0.25, -0.2) is 0 Å². The zero-order valence-electron chi connectivity index (χ0n) is 9.85. The van der Waals surface area contributed by atoms with Crippen LogP contribution in [0.15, 0.2) is 48.5 Å². The molecule has 2 aromatic rings. The van der Waals surface area contributed by atoms with E-state index in [4.69, 9.17) is 4.74 Å². The second-order valence-corrected chi connectivity index (χ2v) is 4.33. The van der Waals surface area contributed by atoms with Crippen LogP contribution >= 0.6 is 0 Å². The minimum absolute atomic E-state index is 0.0988. The highest BCUT2D eigenvalue weighted by atomic mass is 16.5. The van der Waals surface area contributed by atoms with Crippen LogP contribution in [0.25, 0.3) is 0 Å². The van der Waals surface area contributed by atoms with Crippen molar-refractivity contribution in [3.05, 3.63) is 59.7 Å². The number of carbonyl (C=O) groups excluding carboxylic acids is 1. The van der Waals surface area contributed by atoms with Gasteiger partial charge in [0.1, 0.15) is 5.75 Å². The van der Waals surface area contributed by atoms with E-state index < -0.39 is 0 Å². The molecule has 0 saturated carbocycles. The van der Waals surface area contributed by atoms with E-state index >= 15 is 0 Å². The lowest BCUT2D eigenvalue weighted by atomic mass is 10.0. The van der Waals surface area contributed by atoms with Gasteiger partial charge < -0.3 is 10.1 Å². The molecular weight excluding hydrogens is 226 g/mol. The minimum atomic E-state index is -0.0988. The maximum Gasteiger partial charge on any atom is 0.262 e. The molecule has 0 bridgehead atoms. The number of fused-ring (bicyclic) bond motifs is 1. The van der Waals surface area contributed by atoms with Crippen LogP contribution in [0.2, 0.25) is 0 Å². The summed E-state index contributed by atoms with van der Waals surface area (Å²) in [5.74, 6) is 0.654. The Bertz CT molecular complexity index is 578. The lowest BCUT2D eigenvalue weighted by molar-refractivity contribution is -0.118. The molecule has 0 atom stereocenters. The average molecular weight is 239 g/mol. The molecule has 0 radical (unpaired) electrons. The van der Waals surface area contributed by atoms with E-state index in [2.05, 4.69) is 17.4 Å². The first kappa shape index (κ1) is 10.8. The van der Waals surface area contributed by atoms with Gasteiger partial charge in [0.25, 0.3) is 5.91 Å². The molecule has 1 aliphatic heterocycles. The van der Waals surface area contributed by atoms with Crippen LogP contribution < -0.4 is 10.1 Å². The van der Waals surface area contributed by atoms with Crippen molar-refractivity contribution in [3.63, 3.8) is 0 Å². The molecule has 1 amide bonds. The highest BCUT2D eigenvalue weighted by Gasteiger charge is 2.15. The van der Waals surface area contributed by atoms with Gasteiger partial charge in [-0.05, 0) is 29.7 Å². The molecule has 3 heteroatoms. The molecule has 0 fully saturated rings. The molecule has 0 unspecified atom stereocenters. The quantitative estimate of drug-likeness (QED) is 0.874.